The van der Waals surface area contributed by atoms with E-state index in [1.54, 1.807) is 24.3 Å². The van der Waals surface area contributed by atoms with Gasteiger partial charge in [0.05, 0.1) is 7.11 Å². The minimum atomic E-state index is -3.86. The van der Waals surface area contributed by atoms with E-state index in [1.165, 1.54) is 25.3 Å². The molecule has 0 aliphatic heterocycles. The average molecular weight is 452 g/mol. The van der Waals surface area contributed by atoms with Gasteiger partial charge in [-0.15, -0.1) is 0 Å². The number of benzene rings is 2. The van der Waals surface area contributed by atoms with E-state index in [9.17, 15) is 18.0 Å². The maximum absolute atomic E-state index is 12.5. The number of halogens is 1. The van der Waals surface area contributed by atoms with E-state index in [0.29, 0.717) is 11.3 Å². The highest BCUT2D eigenvalue weighted by atomic mass is 35.5. The van der Waals surface area contributed by atoms with Gasteiger partial charge in [0, 0.05) is 35.3 Å². The first kappa shape index (κ1) is 22.1. The molecule has 0 heterocycles. The summed E-state index contributed by atoms with van der Waals surface area (Å²) < 4.78 is 32.4. The Labute approximate surface area is 180 Å². The van der Waals surface area contributed by atoms with Gasteiger partial charge in [-0.25, -0.2) is 13.1 Å². The molecule has 1 saturated carbocycles. The summed E-state index contributed by atoms with van der Waals surface area (Å²) >= 11 is 5.88. The maximum atomic E-state index is 12.5. The van der Waals surface area contributed by atoms with Crippen LogP contribution in [0.25, 0.3) is 0 Å². The Morgan fingerprint density at radius 2 is 1.80 bits per heavy atom. The van der Waals surface area contributed by atoms with Crippen molar-refractivity contribution in [1.29, 1.82) is 0 Å². The normalized spacial score (nSPS) is 13.5. The van der Waals surface area contributed by atoms with E-state index < -0.39 is 10.0 Å². The number of methoxy groups -OCH3 is 1. The van der Waals surface area contributed by atoms with Crippen LogP contribution in [0.5, 0.6) is 5.75 Å². The standard InChI is InChI=1S/C20H22ClN3O5S/c1-29-17-9-6-15(21)12-18(17)30(27,28)23-11-10-22-19(25)13-4-7-16(8-5-13)24-20(26)14-2-3-14/h4-9,12,14,23H,2-3,10-11H2,1H3,(H,22,25)(H,24,26). The molecule has 1 aliphatic carbocycles. The Hall–Kier alpha value is -2.62. The number of rotatable bonds is 9. The van der Waals surface area contributed by atoms with Crippen molar-refractivity contribution in [3.05, 3.63) is 53.1 Å². The molecule has 1 fully saturated rings. The Morgan fingerprint density at radius 3 is 2.43 bits per heavy atom. The number of ether oxygens (including phenoxy) is 1. The third-order valence-electron chi connectivity index (χ3n) is 4.48. The summed E-state index contributed by atoms with van der Waals surface area (Å²) in [4.78, 5) is 23.9. The highest BCUT2D eigenvalue weighted by molar-refractivity contribution is 7.89. The number of nitrogens with one attached hydrogen (secondary N) is 3. The zero-order valence-corrected chi connectivity index (χ0v) is 17.8. The highest BCUT2D eigenvalue weighted by Gasteiger charge is 2.29. The van der Waals surface area contributed by atoms with Gasteiger partial charge in [-0.05, 0) is 55.3 Å². The summed E-state index contributed by atoms with van der Waals surface area (Å²) in [5, 5.41) is 5.71. The molecule has 0 atom stereocenters. The van der Waals surface area contributed by atoms with Gasteiger partial charge in [-0.3, -0.25) is 9.59 Å². The molecule has 0 unspecified atom stereocenters. The van der Waals surface area contributed by atoms with E-state index in [4.69, 9.17) is 16.3 Å². The van der Waals surface area contributed by atoms with Crippen molar-refractivity contribution >= 4 is 39.1 Å². The van der Waals surface area contributed by atoms with Crippen LogP contribution in [0.4, 0.5) is 5.69 Å². The predicted molar refractivity (Wildman–Crippen MR) is 113 cm³/mol. The van der Waals surface area contributed by atoms with Gasteiger partial charge in [0.15, 0.2) is 0 Å². The van der Waals surface area contributed by atoms with Crippen LogP contribution in [-0.4, -0.2) is 40.4 Å². The fourth-order valence-electron chi connectivity index (χ4n) is 2.70. The van der Waals surface area contributed by atoms with Crippen molar-refractivity contribution in [2.24, 2.45) is 5.92 Å². The minimum absolute atomic E-state index is 0.00387. The number of amides is 2. The average Bonchev–Trinajstić information content (AvgIpc) is 3.57. The number of anilines is 1. The van der Waals surface area contributed by atoms with Crippen molar-refractivity contribution in [2.75, 3.05) is 25.5 Å². The van der Waals surface area contributed by atoms with Crippen LogP contribution >= 0.6 is 11.6 Å². The van der Waals surface area contributed by atoms with Gasteiger partial charge in [0.1, 0.15) is 10.6 Å². The molecule has 0 aromatic heterocycles. The molecule has 10 heteroatoms. The van der Waals surface area contributed by atoms with Crippen LogP contribution in [0.1, 0.15) is 23.2 Å². The van der Waals surface area contributed by atoms with Crippen molar-refractivity contribution in [2.45, 2.75) is 17.7 Å². The summed E-state index contributed by atoms with van der Waals surface area (Å²) in [6.07, 6.45) is 1.83. The maximum Gasteiger partial charge on any atom is 0.251 e. The number of hydrogen-bond donors (Lipinski definition) is 3. The first-order valence-electron chi connectivity index (χ1n) is 9.32. The molecule has 0 radical (unpaired) electrons. The van der Waals surface area contributed by atoms with Crippen molar-refractivity contribution in [1.82, 2.24) is 10.0 Å². The van der Waals surface area contributed by atoms with Crippen LogP contribution in [0.3, 0.4) is 0 Å². The molecule has 0 saturated heterocycles. The van der Waals surface area contributed by atoms with Crippen LogP contribution in [0.2, 0.25) is 5.02 Å². The molecule has 160 valence electrons. The fraction of sp³-hybridized carbons (Fsp3) is 0.300. The largest absolute Gasteiger partial charge is 0.495 e. The van der Waals surface area contributed by atoms with Crippen LogP contribution < -0.4 is 20.1 Å². The highest BCUT2D eigenvalue weighted by Crippen LogP contribution is 2.30. The number of carbonyl (C=O) groups excluding carboxylic acids is 2. The van der Waals surface area contributed by atoms with Gasteiger partial charge < -0.3 is 15.4 Å². The second-order valence-corrected chi connectivity index (χ2v) is 8.96. The Balaban J connectivity index is 1.49. The number of carbonyl (C=O) groups is 2. The van der Waals surface area contributed by atoms with Gasteiger partial charge in [-0.2, -0.15) is 0 Å². The lowest BCUT2D eigenvalue weighted by Gasteiger charge is -2.11. The SMILES string of the molecule is COc1ccc(Cl)cc1S(=O)(=O)NCCNC(=O)c1ccc(NC(=O)C2CC2)cc1. The molecule has 2 amide bonds. The van der Waals surface area contributed by atoms with Crippen molar-refractivity contribution < 1.29 is 22.7 Å². The first-order valence-corrected chi connectivity index (χ1v) is 11.2. The van der Waals surface area contributed by atoms with Crippen LogP contribution in [0.15, 0.2) is 47.4 Å². The molecule has 2 aromatic rings. The predicted octanol–water partition coefficient (Wildman–Crippen LogP) is 2.41. The molecular formula is C20H22ClN3O5S. The van der Waals surface area contributed by atoms with Gasteiger partial charge in [0.2, 0.25) is 15.9 Å². The summed E-state index contributed by atoms with van der Waals surface area (Å²) in [7, 11) is -2.49. The van der Waals surface area contributed by atoms with E-state index >= 15 is 0 Å². The summed E-state index contributed by atoms with van der Waals surface area (Å²) in [6, 6.07) is 10.8. The molecule has 8 nitrogen and oxygen atoms in total. The van der Waals surface area contributed by atoms with E-state index in [-0.39, 0.29) is 46.5 Å². The third-order valence-corrected chi connectivity index (χ3v) is 6.20. The first-order chi connectivity index (χ1) is 14.3. The van der Waals surface area contributed by atoms with Crippen LogP contribution in [0, 0.1) is 5.92 Å². The lowest BCUT2D eigenvalue weighted by atomic mass is 10.2. The smallest absolute Gasteiger partial charge is 0.251 e. The summed E-state index contributed by atoms with van der Waals surface area (Å²) in [5.41, 5.74) is 1.03. The molecule has 30 heavy (non-hydrogen) atoms. The molecule has 0 spiro atoms. The van der Waals surface area contributed by atoms with E-state index in [0.717, 1.165) is 12.8 Å². The van der Waals surface area contributed by atoms with Crippen LogP contribution in [-0.2, 0) is 14.8 Å². The molecule has 2 aromatic carbocycles. The molecule has 0 bridgehead atoms. The minimum Gasteiger partial charge on any atom is -0.495 e. The second kappa shape index (κ2) is 9.46. The Kier molecular flexibility index (Phi) is 6.96. The molecule has 1 aliphatic rings. The lowest BCUT2D eigenvalue weighted by Crippen LogP contribution is -2.34. The third kappa shape index (κ3) is 5.71. The monoisotopic (exact) mass is 451 g/mol. The van der Waals surface area contributed by atoms with Crippen molar-refractivity contribution in [3.8, 4) is 5.75 Å². The van der Waals surface area contributed by atoms with Gasteiger partial charge in [0.25, 0.3) is 5.91 Å². The fourth-order valence-corrected chi connectivity index (χ4v) is 4.16. The molecular weight excluding hydrogens is 430 g/mol. The van der Waals surface area contributed by atoms with Crippen molar-refractivity contribution in [3.63, 3.8) is 0 Å². The topological polar surface area (TPSA) is 114 Å². The summed E-state index contributed by atoms with van der Waals surface area (Å²) in [5.74, 6) is -0.0844. The zero-order chi connectivity index (χ0) is 21.7. The van der Waals surface area contributed by atoms with E-state index in [2.05, 4.69) is 15.4 Å². The number of hydrogen-bond acceptors (Lipinski definition) is 5. The quantitative estimate of drug-likeness (QED) is 0.506. The van der Waals surface area contributed by atoms with E-state index in [1.807, 2.05) is 0 Å². The Morgan fingerprint density at radius 1 is 1.10 bits per heavy atom. The zero-order valence-electron chi connectivity index (χ0n) is 16.3. The van der Waals surface area contributed by atoms with Gasteiger partial charge >= 0.3 is 0 Å². The van der Waals surface area contributed by atoms with Gasteiger partial charge in [-0.1, -0.05) is 11.6 Å². The summed E-state index contributed by atoms with van der Waals surface area (Å²) in [6.45, 7) is 0.0698. The lowest BCUT2D eigenvalue weighted by molar-refractivity contribution is -0.117. The Bertz CT molecular complexity index is 1040. The molecule has 3 N–H and O–H groups in total. The second-order valence-electron chi connectivity index (χ2n) is 6.79. The number of sulfonamides is 1. The molecule has 3 rings (SSSR count).